The van der Waals surface area contributed by atoms with E-state index in [2.05, 4.69) is 20.5 Å². The highest BCUT2D eigenvalue weighted by Crippen LogP contribution is 2.23. The van der Waals surface area contributed by atoms with E-state index in [4.69, 9.17) is 4.74 Å². The monoisotopic (exact) mass is 449 g/mol. The topological polar surface area (TPSA) is 81.9 Å². The first-order valence-corrected chi connectivity index (χ1v) is 10.9. The zero-order valence-corrected chi connectivity index (χ0v) is 17.8. The molecule has 0 saturated heterocycles. The summed E-state index contributed by atoms with van der Waals surface area (Å²) in [4.78, 5) is 16.5. The molecule has 7 nitrogen and oxygen atoms in total. The molecule has 0 spiro atoms. The van der Waals surface area contributed by atoms with E-state index < -0.39 is 5.82 Å². The molecule has 9 heteroatoms. The predicted molar refractivity (Wildman–Crippen MR) is 119 cm³/mol. The number of nitrogens with one attached hydrogen (secondary N) is 1. The van der Waals surface area contributed by atoms with Crippen LogP contribution in [-0.2, 0) is 17.9 Å². The SMILES string of the molecule is O=C(CSc1nnc(COc2ccccc2F)n1-c1ccccc1)NCc1ccccn1. The lowest BCUT2D eigenvalue weighted by Crippen LogP contribution is -2.25. The third kappa shape index (κ3) is 5.50. The smallest absolute Gasteiger partial charge is 0.230 e. The molecule has 0 saturated carbocycles. The average Bonchev–Trinajstić information content (AvgIpc) is 3.25. The van der Waals surface area contributed by atoms with Gasteiger partial charge in [0.25, 0.3) is 0 Å². The fraction of sp³-hybridized carbons (Fsp3) is 0.130. The number of thioether (sulfide) groups is 1. The number of nitrogens with zero attached hydrogens (tertiary/aromatic N) is 4. The summed E-state index contributed by atoms with van der Waals surface area (Å²) in [6.07, 6.45) is 1.68. The van der Waals surface area contributed by atoms with Crippen LogP contribution in [0.1, 0.15) is 11.5 Å². The second-order valence-electron chi connectivity index (χ2n) is 6.68. The van der Waals surface area contributed by atoms with Gasteiger partial charge in [0.1, 0.15) is 6.61 Å². The minimum atomic E-state index is -0.447. The molecule has 0 fully saturated rings. The molecule has 0 aliphatic heterocycles. The summed E-state index contributed by atoms with van der Waals surface area (Å²) in [5, 5.41) is 11.8. The van der Waals surface area contributed by atoms with Crippen LogP contribution in [0.4, 0.5) is 4.39 Å². The summed E-state index contributed by atoms with van der Waals surface area (Å²) in [5.41, 5.74) is 1.60. The lowest BCUT2D eigenvalue weighted by molar-refractivity contribution is -0.118. The maximum atomic E-state index is 13.9. The number of aromatic nitrogens is 4. The third-order valence-corrected chi connectivity index (χ3v) is 5.36. The highest BCUT2D eigenvalue weighted by atomic mass is 32.2. The minimum absolute atomic E-state index is 0.0231. The number of para-hydroxylation sites is 2. The molecule has 4 rings (SSSR count). The molecule has 2 heterocycles. The fourth-order valence-corrected chi connectivity index (χ4v) is 3.70. The van der Waals surface area contributed by atoms with Crippen molar-refractivity contribution in [2.75, 3.05) is 5.75 Å². The lowest BCUT2D eigenvalue weighted by atomic mass is 10.3. The Balaban J connectivity index is 1.45. The molecule has 0 bridgehead atoms. The number of benzene rings is 2. The summed E-state index contributed by atoms with van der Waals surface area (Å²) in [7, 11) is 0. The summed E-state index contributed by atoms with van der Waals surface area (Å²) in [6, 6.07) is 21.2. The van der Waals surface area contributed by atoms with Crippen molar-refractivity contribution < 1.29 is 13.9 Å². The van der Waals surface area contributed by atoms with Gasteiger partial charge in [0.2, 0.25) is 5.91 Å². The van der Waals surface area contributed by atoms with Crippen molar-refractivity contribution in [2.24, 2.45) is 0 Å². The van der Waals surface area contributed by atoms with Gasteiger partial charge in [0, 0.05) is 11.9 Å². The van der Waals surface area contributed by atoms with Gasteiger partial charge < -0.3 is 10.1 Å². The van der Waals surface area contributed by atoms with Crippen LogP contribution >= 0.6 is 11.8 Å². The van der Waals surface area contributed by atoms with Gasteiger partial charge in [-0.1, -0.05) is 48.2 Å². The highest BCUT2D eigenvalue weighted by Gasteiger charge is 2.17. The van der Waals surface area contributed by atoms with Crippen LogP contribution in [0.25, 0.3) is 5.69 Å². The second-order valence-corrected chi connectivity index (χ2v) is 7.62. The van der Waals surface area contributed by atoms with E-state index in [0.29, 0.717) is 17.5 Å². The van der Waals surface area contributed by atoms with E-state index in [1.165, 1.54) is 17.8 Å². The van der Waals surface area contributed by atoms with Crippen LogP contribution in [0.15, 0.2) is 84.1 Å². The van der Waals surface area contributed by atoms with Crippen molar-refractivity contribution >= 4 is 17.7 Å². The van der Waals surface area contributed by atoms with Gasteiger partial charge in [-0.15, -0.1) is 10.2 Å². The fourth-order valence-electron chi connectivity index (χ4n) is 2.90. The van der Waals surface area contributed by atoms with Crippen molar-refractivity contribution in [3.05, 3.63) is 96.3 Å². The molecule has 0 aliphatic rings. The van der Waals surface area contributed by atoms with Gasteiger partial charge in [-0.05, 0) is 36.4 Å². The first-order valence-electron chi connectivity index (χ1n) is 9.87. The van der Waals surface area contributed by atoms with Gasteiger partial charge in [-0.3, -0.25) is 14.3 Å². The summed E-state index contributed by atoms with van der Waals surface area (Å²) >= 11 is 1.26. The van der Waals surface area contributed by atoms with Crippen LogP contribution in [-0.4, -0.2) is 31.4 Å². The second kappa shape index (κ2) is 10.5. The molecular weight excluding hydrogens is 429 g/mol. The maximum Gasteiger partial charge on any atom is 0.230 e. The molecule has 162 valence electrons. The number of rotatable bonds is 9. The van der Waals surface area contributed by atoms with Crippen molar-refractivity contribution in [3.8, 4) is 11.4 Å². The Morgan fingerprint density at radius 1 is 1.00 bits per heavy atom. The average molecular weight is 450 g/mol. The van der Waals surface area contributed by atoms with Crippen LogP contribution in [0.5, 0.6) is 5.75 Å². The molecule has 2 aromatic heterocycles. The Kier molecular flexibility index (Phi) is 7.08. The van der Waals surface area contributed by atoms with Gasteiger partial charge in [0.15, 0.2) is 22.5 Å². The molecule has 4 aromatic rings. The van der Waals surface area contributed by atoms with Crippen molar-refractivity contribution in [3.63, 3.8) is 0 Å². The van der Waals surface area contributed by atoms with Crippen LogP contribution in [0, 0.1) is 5.82 Å². The Morgan fingerprint density at radius 2 is 1.78 bits per heavy atom. The molecule has 32 heavy (non-hydrogen) atoms. The molecule has 0 atom stereocenters. The molecule has 0 radical (unpaired) electrons. The van der Waals surface area contributed by atoms with E-state index in [1.54, 1.807) is 29.0 Å². The zero-order valence-electron chi connectivity index (χ0n) is 17.0. The standard InChI is InChI=1S/C23H20FN5O2S/c24-19-11-4-5-12-20(19)31-15-21-27-28-23(29(21)18-9-2-1-3-10-18)32-16-22(30)26-14-17-8-6-7-13-25-17/h1-13H,14-16H2,(H,26,30). The molecule has 1 N–H and O–H groups in total. The Bertz CT molecular complexity index is 1170. The van der Waals surface area contributed by atoms with E-state index in [0.717, 1.165) is 11.4 Å². The third-order valence-electron chi connectivity index (χ3n) is 4.43. The van der Waals surface area contributed by atoms with Crippen LogP contribution in [0.3, 0.4) is 0 Å². The summed E-state index contributed by atoms with van der Waals surface area (Å²) < 4.78 is 21.3. The van der Waals surface area contributed by atoms with Crippen LogP contribution in [0.2, 0.25) is 0 Å². The maximum absolute atomic E-state index is 13.9. The van der Waals surface area contributed by atoms with E-state index in [1.807, 2.05) is 48.5 Å². The molecular formula is C23H20FN5O2S. The van der Waals surface area contributed by atoms with Crippen LogP contribution < -0.4 is 10.1 Å². The van der Waals surface area contributed by atoms with E-state index in [-0.39, 0.29) is 24.0 Å². The molecule has 1 amide bonds. The van der Waals surface area contributed by atoms with Gasteiger partial charge in [-0.25, -0.2) is 4.39 Å². The van der Waals surface area contributed by atoms with E-state index >= 15 is 0 Å². The van der Waals surface area contributed by atoms with Gasteiger partial charge in [0.05, 0.1) is 18.0 Å². The Hall–Kier alpha value is -3.72. The largest absolute Gasteiger partial charge is 0.483 e. The van der Waals surface area contributed by atoms with Crippen molar-refractivity contribution in [2.45, 2.75) is 18.3 Å². The Morgan fingerprint density at radius 3 is 2.56 bits per heavy atom. The number of amides is 1. The predicted octanol–water partition coefficient (Wildman–Crippen LogP) is 3.79. The quantitative estimate of drug-likeness (QED) is 0.392. The highest BCUT2D eigenvalue weighted by molar-refractivity contribution is 7.99. The van der Waals surface area contributed by atoms with Gasteiger partial charge in [-0.2, -0.15) is 0 Å². The first-order chi connectivity index (χ1) is 15.7. The number of hydrogen-bond acceptors (Lipinski definition) is 6. The Labute approximate surface area is 188 Å². The first kappa shape index (κ1) is 21.5. The van der Waals surface area contributed by atoms with Gasteiger partial charge >= 0.3 is 0 Å². The molecule has 0 aliphatic carbocycles. The summed E-state index contributed by atoms with van der Waals surface area (Å²) in [6.45, 7) is 0.378. The van der Waals surface area contributed by atoms with Crippen molar-refractivity contribution in [1.82, 2.24) is 25.1 Å². The number of carbonyl (C=O) groups excluding carboxylic acids is 1. The summed E-state index contributed by atoms with van der Waals surface area (Å²) in [5.74, 6) is 0.199. The normalized spacial score (nSPS) is 10.7. The zero-order chi connectivity index (χ0) is 22.2. The minimum Gasteiger partial charge on any atom is -0.483 e. The van der Waals surface area contributed by atoms with E-state index in [9.17, 15) is 9.18 Å². The number of halogens is 1. The van der Waals surface area contributed by atoms with Crippen molar-refractivity contribution in [1.29, 1.82) is 0 Å². The number of carbonyl (C=O) groups is 1. The molecule has 0 unspecified atom stereocenters. The number of hydrogen-bond donors (Lipinski definition) is 1. The molecule has 2 aromatic carbocycles. The number of ether oxygens (including phenoxy) is 1. The number of pyridine rings is 1. The lowest BCUT2D eigenvalue weighted by Gasteiger charge is -2.11.